The van der Waals surface area contributed by atoms with E-state index in [4.69, 9.17) is 0 Å². The molecule has 0 radical (unpaired) electrons. The van der Waals surface area contributed by atoms with Crippen LogP contribution >= 0.6 is 0 Å². The molecule has 1 heterocycles. The predicted octanol–water partition coefficient (Wildman–Crippen LogP) is 9.35. The van der Waals surface area contributed by atoms with Gasteiger partial charge in [-0.2, -0.15) is 43.9 Å². The molecule has 1 spiro atoms. The van der Waals surface area contributed by atoms with Crippen molar-refractivity contribution in [1.29, 1.82) is 0 Å². The Kier molecular flexibility index (Phi) is 5.92. The van der Waals surface area contributed by atoms with Gasteiger partial charge in [0, 0.05) is 10.9 Å². The fourth-order valence-corrected chi connectivity index (χ4v) is 6.25. The van der Waals surface area contributed by atoms with Crippen LogP contribution in [0.3, 0.4) is 0 Å². The average Bonchev–Trinajstić information content (AvgIpc) is 2.86. The molecule has 2 aliphatic rings. The van der Waals surface area contributed by atoms with Gasteiger partial charge >= 0.3 is 29.6 Å². The second-order valence-electron chi connectivity index (χ2n) is 10.7. The molecule has 0 saturated heterocycles. The fourth-order valence-electron chi connectivity index (χ4n) is 6.25. The van der Waals surface area contributed by atoms with Crippen molar-refractivity contribution >= 4 is 10.9 Å². The molecule has 0 unspecified atom stereocenters. The number of pyridine rings is 1. The van der Waals surface area contributed by atoms with Crippen LogP contribution in [0.25, 0.3) is 22.2 Å². The van der Waals surface area contributed by atoms with Crippen molar-refractivity contribution < 1.29 is 43.9 Å². The number of hydrogen-bond acceptors (Lipinski definition) is 1. The van der Waals surface area contributed by atoms with Crippen molar-refractivity contribution in [2.45, 2.75) is 75.1 Å². The first kappa shape index (κ1) is 27.7. The molecule has 3 aromatic rings. The van der Waals surface area contributed by atoms with Crippen LogP contribution in [0.5, 0.6) is 0 Å². The van der Waals surface area contributed by atoms with Crippen LogP contribution in [0.15, 0.2) is 48.5 Å². The van der Waals surface area contributed by atoms with Crippen molar-refractivity contribution in [1.82, 2.24) is 4.98 Å². The number of aryl methyl sites for hydroxylation is 2. The highest BCUT2D eigenvalue weighted by Crippen LogP contribution is 2.75. The second-order valence-corrected chi connectivity index (χ2v) is 10.7. The highest BCUT2D eigenvalue weighted by molar-refractivity contribution is 5.86. The van der Waals surface area contributed by atoms with E-state index >= 15 is 0 Å². The SMILES string of the molecule is Cc1cc(C)cc(-c2cc(C3CCC4(CC3)C(F)(F)C(F)(F)C(F)(F)C(F)(F)C4(F)F)c3ccccc3n2)c1. The summed E-state index contributed by atoms with van der Waals surface area (Å²) < 4.78 is 144. The van der Waals surface area contributed by atoms with Crippen molar-refractivity contribution in [3.8, 4) is 11.3 Å². The highest BCUT2D eigenvalue weighted by Gasteiger charge is 2.99. The Morgan fingerprint density at radius 3 is 1.67 bits per heavy atom. The molecular weight excluding hydrogens is 540 g/mol. The summed E-state index contributed by atoms with van der Waals surface area (Å²) in [6.07, 6.45) is -4.25. The van der Waals surface area contributed by atoms with Crippen LogP contribution in [0.2, 0.25) is 0 Å². The van der Waals surface area contributed by atoms with Gasteiger partial charge in [0.15, 0.2) is 0 Å². The maximum atomic E-state index is 14.9. The average molecular weight is 563 g/mol. The van der Waals surface area contributed by atoms with Crippen LogP contribution in [-0.2, 0) is 0 Å². The molecule has 0 atom stereocenters. The van der Waals surface area contributed by atoms with Crippen molar-refractivity contribution in [2.75, 3.05) is 0 Å². The molecule has 5 rings (SSSR count). The monoisotopic (exact) mass is 563 g/mol. The second kappa shape index (κ2) is 8.33. The number of para-hydroxylation sites is 1. The Hall–Kier alpha value is -2.85. The number of benzene rings is 2. The molecule has 1 nitrogen and oxygen atoms in total. The Bertz CT molecular complexity index is 1390. The largest absolute Gasteiger partial charge is 0.384 e. The summed E-state index contributed by atoms with van der Waals surface area (Å²) in [5.41, 5.74) is -0.292. The fraction of sp³-hybridized carbons (Fsp3) is 0.464. The first-order valence-electron chi connectivity index (χ1n) is 12.3. The summed E-state index contributed by atoms with van der Waals surface area (Å²) in [5.74, 6) is -33.3. The molecule has 2 fully saturated rings. The molecule has 0 aliphatic heterocycles. The summed E-state index contributed by atoms with van der Waals surface area (Å²) in [6.45, 7) is 3.75. The zero-order valence-corrected chi connectivity index (χ0v) is 20.8. The number of hydrogen-bond donors (Lipinski definition) is 0. The maximum absolute atomic E-state index is 14.9. The van der Waals surface area contributed by atoms with Crippen molar-refractivity contribution in [3.63, 3.8) is 0 Å². The van der Waals surface area contributed by atoms with Crippen LogP contribution in [0.1, 0.15) is 48.3 Å². The smallest absolute Gasteiger partial charge is 0.248 e. The van der Waals surface area contributed by atoms with E-state index in [1.807, 2.05) is 32.0 Å². The van der Waals surface area contributed by atoms with Crippen LogP contribution in [0.4, 0.5) is 43.9 Å². The van der Waals surface area contributed by atoms with E-state index in [0.717, 1.165) is 16.7 Å². The minimum absolute atomic E-state index is 0.488. The van der Waals surface area contributed by atoms with E-state index in [2.05, 4.69) is 4.98 Å². The number of halogens is 10. The molecule has 1 aromatic heterocycles. The summed E-state index contributed by atoms with van der Waals surface area (Å²) in [6, 6.07) is 14.0. The lowest BCUT2D eigenvalue weighted by molar-refractivity contribution is -0.491. The quantitative estimate of drug-likeness (QED) is 0.283. The molecule has 39 heavy (non-hydrogen) atoms. The van der Waals surface area contributed by atoms with E-state index in [-0.39, 0.29) is 0 Å². The van der Waals surface area contributed by atoms with Crippen molar-refractivity contribution in [3.05, 3.63) is 65.2 Å². The van der Waals surface area contributed by atoms with E-state index < -0.39 is 66.6 Å². The van der Waals surface area contributed by atoms with Crippen LogP contribution in [-0.4, -0.2) is 34.6 Å². The molecule has 2 saturated carbocycles. The van der Waals surface area contributed by atoms with Gasteiger partial charge in [0.25, 0.3) is 0 Å². The van der Waals surface area contributed by atoms with Gasteiger partial charge in [-0.1, -0.05) is 35.4 Å². The predicted molar refractivity (Wildman–Crippen MR) is 125 cm³/mol. The first-order valence-corrected chi connectivity index (χ1v) is 12.3. The van der Waals surface area contributed by atoms with Gasteiger partial charge in [0.1, 0.15) is 5.41 Å². The summed E-state index contributed by atoms with van der Waals surface area (Å²) in [4.78, 5) is 4.65. The van der Waals surface area contributed by atoms with Gasteiger partial charge < -0.3 is 0 Å². The van der Waals surface area contributed by atoms with Gasteiger partial charge in [0.2, 0.25) is 0 Å². The van der Waals surface area contributed by atoms with Gasteiger partial charge in [0.05, 0.1) is 11.2 Å². The van der Waals surface area contributed by atoms with Gasteiger partial charge in [-0.15, -0.1) is 0 Å². The minimum Gasteiger partial charge on any atom is -0.248 e. The number of nitrogens with zero attached hydrogens (tertiary/aromatic N) is 1. The third-order valence-corrected chi connectivity index (χ3v) is 8.32. The summed E-state index contributed by atoms with van der Waals surface area (Å²) in [5, 5.41) is 0.552. The van der Waals surface area contributed by atoms with Crippen LogP contribution < -0.4 is 0 Å². The Balaban J connectivity index is 1.59. The number of fused-ring (bicyclic) bond motifs is 1. The maximum Gasteiger partial charge on any atom is 0.384 e. The highest BCUT2D eigenvalue weighted by atomic mass is 19.4. The van der Waals surface area contributed by atoms with E-state index in [1.54, 1.807) is 30.3 Å². The number of aromatic nitrogens is 1. The van der Waals surface area contributed by atoms with Gasteiger partial charge in [-0.05, 0) is 75.3 Å². The summed E-state index contributed by atoms with van der Waals surface area (Å²) >= 11 is 0. The van der Waals surface area contributed by atoms with Gasteiger partial charge in [-0.25, -0.2) is 4.98 Å². The molecular formula is C28H23F10N. The molecule has 2 aromatic carbocycles. The van der Waals surface area contributed by atoms with E-state index in [1.165, 1.54) is 0 Å². The van der Waals surface area contributed by atoms with Crippen molar-refractivity contribution in [2.24, 2.45) is 5.41 Å². The zero-order valence-electron chi connectivity index (χ0n) is 20.8. The zero-order chi connectivity index (χ0) is 28.8. The third kappa shape index (κ3) is 3.43. The number of rotatable bonds is 2. The van der Waals surface area contributed by atoms with Crippen LogP contribution in [0, 0.1) is 19.3 Å². The van der Waals surface area contributed by atoms with Gasteiger partial charge in [-0.3, -0.25) is 0 Å². The lowest BCUT2D eigenvalue weighted by Gasteiger charge is -2.58. The Labute approximate surface area is 217 Å². The summed E-state index contributed by atoms with van der Waals surface area (Å²) in [7, 11) is 0. The standard InChI is InChI=1S/C28H23F10N/c1-15-11-16(2)13-18(12-15)22-14-20(19-5-3-4-6-21(19)39-22)17-7-9-23(10-8-17)24(29,30)26(33,34)28(37,38)27(35,36)25(23,31)32/h3-6,11-14,17H,7-10H2,1-2H3. The third-order valence-electron chi connectivity index (χ3n) is 8.32. The lowest BCUT2D eigenvalue weighted by atomic mass is 9.55. The Morgan fingerprint density at radius 1 is 0.641 bits per heavy atom. The normalized spacial score (nSPS) is 24.6. The Morgan fingerprint density at radius 2 is 1.13 bits per heavy atom. The molecule has 0 N–H and O–H groups in total. The topological polar surface area (TPSA) is 12.9 Å². The molecule has 2 aliphatic carbocycles. The molecule has 0 bridgehead atoms. The first-order chi connectivity index (χ1) is 17.9. The molecule has 11 heteroatoms. The number of alkyl halides is 10. The molecule has 0 amide bonds. The minimum atomic E-state index is -6.95. The molecule has 210 valence electrons. The van der Waals surface area contributed by atoms with E-state index in [0.29, 0.717) is 22.2 Å². The lowest BCUT2D eigenvalue weighted by Crippen LogP contribution is -2.82. The van der Waals surface area contributed by atoms with E-state index in [9.17, 15) is 43.9 Å².